The van der Waals surface area contributed by atoms with Crippen LogP contribution < -0.4 is 0 Å². The number of aryl methyl sites for hydroxylation is 2. The van der Waals surface area contributed by atoms with E-state index in [9.17, 15) is 4.79 Å². The number of aromatic carboxylic acids is 1. The quantitative estimate of drug-likeness (QED) is 0.805. The van der Waals surface area contributed by atoms with E-state index in [-0.39, 0.29) is 0 Å². The Morgan fingerprint density at radius 1 is 1.00 bits per heavy atom. The molecule has 0 spiro atoms. The van der Waals surface area contributed by atoms with Crippen LogP contribution in [0.5, 0.6) is 0 Å². The van der Waals surface area contributed by atoms with Crippen LogP contribution >= 0.6 is 0 Å². The van der Waals surface area contributed by atoms with Gasteiger partial charge in [-0.3, -0.25) is 4.98 Å². The van der Waals surface area contributed by atoms with Crippen LogP contribution in [0.4, 0.5) is 0 Å². The van der Waals surface area contributed by atoms with Crippen molar-refractivity contribution in [1.29, 1.82) is 0 Å². The van der Waals surface area contributed by atoms with Gasteiger partial charge >= 0.3 is 5.97 Å². The van der Waals surface area contributed by atoms with Crippen LogP contribution in [0.15, 0.2) is 48.7 Å². The van der Waals surface area contributed by atoms with Gasteiger partial charge in [0.2, 0.25) is 0 Å². The topological polar surface area (TPSA) is 50.2 Å². The summed E-state index contributed by atoms with van der Waals surface area (Å²) in [7, 11) is 0. The maximum absolute atomic E-state index is 11.0. The van der Waals surface area contributed by atoms with Crippen molar-refractivity contribution in [1.82, 2.24) is 4.98 Å². The summed E-state index contributed by atoms with van der Waals surface area (Å²) in [6.45, 7) is 0. The highest BCUT2D eigenvalue weighted by Gasteiger charge is 2.09. The van der Waals surface area contributed by atoms with Gasteiger partial charge in [0.15, 0.2) is 0 Å². The van der Waals surface area contributed by atoms with E-state index in [2.05, 4.69) is 17.1 Å². The molecular weight excluding hydrogens is 238 g/mol. The lowest BCUT2D eigenvalue weighted by Gasteiger charge is -2.05. The highest BCUT2D eigenvalue weighted by molar-refractivity contribution is 5.88. The van der Waals surface area contributed by atoms with Gasteiger partial charge in [0.25, 0.3) is 0 Å². The summed E-state index contributed by atoms with van der Waals surface area (Å²) in [4.78, 5) is 15.2. The van der Waals surface area contributed by atoms with Gasteiger partial charge in [-0.05, 0) is 43.4 Å². The Bertz CT molecular complexity index is 537. The molecule has 0 unspecified atom stereocenters. The van der Waals surface area contributed by atoms with E-state index in [4.69, 9.17) is 5.11 Å². The summed E-state index contributed by atoms with van der Waals surface area (Å²) in [6, 6.07) is 13.6. The summed E-state index contributed by atoms with van der Waals surface area (Å²) >= 11 is 0. The lowest BCUT2D eigenvalue weighted by atomic mass is 10.0. The Balaban J connectivity index is 1.85. The third kappa shape index (κ3) is 3.91. The maximum Gasteiger partial charge on any atom is 0.337 e. The molecule has 0 radical (unpaired) electrons. The molecule has 1 aromatic heterocycles. The Kier molecular flexibility index (Phi) is 4.67. The van der Waals surface area contributed by atoms with Crippen molar-refractivity contribution in [2.45, 2.75) is 25.7 Å². The van der Waals surface area contributed by atoms with Crippen LogP contribution in [0.1, 0.15) is 34.5 Å². The highest BCUT2D eigenvalue weighted by atomic mass is 16.4. The van der Waals surface area contributed by atoms with Crippen molar-refractivity contribution in [2.75, 3.05) is 0 Å². The fraction of sp³-hybridized carbons (Fsp3) is 0.250. The van der Waals surface area contributed by atoms with Gasteiger partial charge < -0.3 is 5.11 Å². The van der Waals surface area contributed by atoms with Gasteiger partial charge in [0.1, 0.15) is 0 Å². The molecule has 98 valence electrons. The summed E-state index contributed by atoms with van der Waals surface area (Å²) in [5.74, 6) is -0.897. The Hall–Kier alpha value is -2.16. The first-order chi connectivity index (χ1) is 9.27. The van der Waals surface area contributed by atoms with Gasteiger partial charge in [-0.15, -0.1) is 0 Å². The predicted molar refractivity (Wildman–Crippen MR) is 74.3 cm³/mol. The SMILES string of the molecule is O=C(O)c1cccnc1CCCCc1ccccc1. The molecule has 3 nitrogen and oxygen atoms in total. The first-order valence-electron chi connectivity index (χ1n) is 6.48. The minimum Gasteiger partial charge on any atom is -0.478 e. The molecule has 3 heteroatoms. The van der Waals surface area contributed by atoms with Gasteiger partial charge in [-0.25, -0.2) is 4.79 Å². The third-order valence-electron chi connectivity index (χ3n) is 3.09. The molecule has 0 atom stereocenters. The number of carbonyl (C=O) groups is 1. The van der Waals surface area contributed by atoms with Crippen LogP contribution in [0.3, 0.4) is 0 Å². The van der Waals surface area contributed by atoms with Crippen molar-refractivity contribution in [3.63, 3.8) is 0 Å². The predicted octanol–water partition coefficient (Wildman–Crippen LogP) is 3.35. The largest absolute Gasteiger partial charge is 0.478 e. The van der Waals surface area contributed by atoms with Crippen molar-refractivity contribution >= 4 is 5.97 Å². The zero-order valence-corrected chi connectivity index (χ0v) is 10.7. The molecule has 2 aromatic rings. The van der Waals surface area contributed by atoms with E-state index in [1.54, 1.807) is 18.3 Å². The standard InChI is InChI=1S/C16H17NO2/c18-16(19)14-10-6-12-17-15(14)11-5-4-9-13-7-2-1-3-8-13/h1-3,6-8,10,12H,4-5,9,11H2,(H,18,19). The molecule has 1 heterocycles. The van der Waals surface area contributed by atoms with E-state index >= 15 is 0 Å². The second kappa shape index (κ2) is 6.69. The first kappa shape index (κ1) is 13.3. The maximum atomic E-state index is 11.0. The van der Waals surface area contributed by atoms with Crippen LogP contribution in [0.25, 0.3) is 0 Å². The van der Waals surface area contributed by atoms with Crippen LogP contribution in [-0.4, -0.2) is 16.1 Å². The Morgan fingerprint density at radius 3 is 2.47 bits per heavy atom. The number of carboxylic acids is 1. The zero-order chi connectivity index (χ0) is 13.5. The lowest BCUT2D eigenvalue weighted by molar-refractivity contribution is 0.0695. The molecule has 0 bridgehead atoms. The second-order valence-electron chi connectivity index (χ2n) is 4.50. The van der Waals surface area contributed by atoms with Gasteiger partial charge in [-0.1, -0.05) is 30.3 Å². The highest BCUT2D eigenvalue weighted by Crippen LogP contribution is 2.11. The number of unbranched alkanes of at least 4 members (excludes halogenated alkanes) is 1. The molecule has 0 saturated heterocycles. The van der Waals surface area contributed by atoms with Crippen LogP contribution in [0, 0.1) is 0 Å². The number of rotatable bonds is 6. The fourth-order valence-electron chi connectivity index (χ4n) is 2.10. The lowest BCUT2D eigenvalue weighted by Crippen LogP contribution is -2.04. The molecule has 0 amide bonds. The molecule has 0 aliphatic carbocycles. The monoisotopic (exact) mass is 255 g/mol. The molecule has 2 rings (SSSR count). The number of benzene rings is 1. The van der Waals surface area contributed by atoms with Gasteiger partial charge in [0.05, 0.1) is 11.3 Å². The second-order valence-corrected chi connectivity index (χ2v) is 4.50. The minimum atomic E-state index is -0.897. The van der Waals surface area contributed by atoms with E-state index in [0.717, 1.165) is 25.7 Å². The fourth-order valence-corrected chi connectivity index (χ4v) is 2.10. The number of carboxylic acid groups (broad SMARTS) is 1. The molecule has 0 fully saturated rings. The van der Waals surface area contributed by atoms with E-state index < -0.39 is 5.97 Å². The first-order valence-corrected chi connectivity index (χ1v) is 6.48. The van der Waals surface area contributed by atoms with Gasteiger partial charge in [-0.2, -0.15) is 0 Å². The summed E-state index contributed by atoms with van der Waals surface area (Å²) in [5.41, 5.74) is 2.33. The number of pyridine rings is 1. The minimum absolute atomic E-state index is 0.321. The van der Waals surface area contributed by atoms with E-state index in [1.807, 2.05) is 18.2 Å². The Labute approximate surface area is 112 Å². The number of aromatic nitrogens is 1. The van der Waals surface area contributed by atoms with Crippen molar-refractivity contribution in [3.8, 4) is 0 Å². The number of nitrogens with zero attached hydrogens (tertiary/aromatic N) is 1. The normalized spacial score (nSPS) is 10.3. The molecule has 19 heavy (non-hydrogen) atoms. The summed E-state index contributed by atoms with van der Waals surface area (Å²) in [6.07, 6.45) is 5.39. The van der Waals surface area contributed by atoms with Crippen LogP contribution in [-0.2, 0) is 12.8 Å². The molecule has 1 aromatic carbocycles. The third-order valence-corrected chi connectivity index (χ3v) is 3.09. The molecule has 1 N–H and O–H groups in total. The van der Waals surface area contributed by atoms with Crippen molar-refractivity contribution in [2.24, 2.45) is 0 Å². The zero-order valence-electron chi connectivity index (χ0n) is 10.7. The van der Waals surface area contributed by atoms with E-state index in [0.29, 0.717) is 11.3 Å². The molecular formula is C16H17NO2. The number of hydrogen-bond acceptors (Lipinski definition) is 2. The Morgan fingerprint density at radius 2 is 1.74 bits per heavy atom. The van der Waals surface area contributed by atoms with Crippen molar-refractivity contribution < 1.29 is 9.90 Å². The molecule has 0 aliphatic heterocycles. The molecule has 0 saturated carbocycles. The average Bonchev–Trinajstić information content (AvgIpc) is 2.45. The van der Waals surface area contributed by atoms with Crippen molar-refractivity contribution in [3.05, 3.63) is 65.5 Å². The smallest absolute Gasteiger partial charge is 0.337 e. The average molecular weight is 255 g/mol. The van der Waals surface area contributed by atoms with Crippen LogP contribution in [0.2, 0.25) is 0 Å². The molecule has 0 aliphatic rings. The summed E-state index contributed by atoms with van der Waals surface area (Å²) in [5, 5.41) is 9.06. The summed E-state index contributed by atoms with van der Waals surface area (Å²) < 4.78 is 0. The van der Waals surface area contributed by atoms with Gasteiger partial charge in [0, 0.05) is 6.20 Å². The number of hydrogen-bond donors (Lipinski definition) is 1. The van der Waals surface area contributed by atoms with E-state index in [1.165, 1.54) is 5.56 Å².